The number of nitrogens with zero attached hydrogens (tertiary/aromatic N) is 3. The molecule has 0 fully saturated rings. The first-order valence-electron chi connectivity index (χ1n) is 15.4. The highest BCUT2D eigenvalue weighted by atomic mass is 16.6. The van der Waals surface area contributed by atoms with Gasteiger partial charge < -0.3 is 30.0 Å². The number of hydrogen-bond donors (Lipinski definition) is 2. The number of ether oxygens (including phenoxy) is 4. The minimum Gasteiger partial charge on any atom is -0.459 e. The molecule has 0 saturated carbocycles. The molecule has 0 heterocycles. The van der Waals surface area contributed by atoms with E-state index < -0.39 is 34.5 Å². The van der Waals surface area contributed by atoms with E-state index in [0.29, 0.717) is 45.8 Å². The van der Waals surface area contributed by atoms with Gasteiger partial charge in [0.15, 0.2) is 0 Å². The molecule has 44 heavy (non-hydrogen) atoms. The lowest BCUT2D eigenvalue weighted by Crippen LogP contribution is -2.47. The second kappa shape index (κ2) is 18.5. The Labute approximate surface area is 265 Å². The number of hydrogen-bond acceptors (Lipinski definition) is 12. The number of amides is 1. The molecule has 0 rings (SSSR count). The van der Waals surface area contributed by atoms with Crippen LogP contribution in [0.5, 0.6) is 0 Å². The van der Waals surface area contributed by atoms with Gasteiger partial charge in [-0.15, -0.1) is 0 Å². The summed E-state index contributed by atoms with van der Waals surface area (Å²) in [6, 6.07) is 0. The van der Waals surface area contributed by atoms with Gasteiger partial charge in [-0.2, -0.15) is 0 Å². The molecule has 0 aliphatic heterocycles. The molecule has 0 atom stereocenters. The molecule has 3 N–H and O–H groups in total. The van der Waals surface area contributed by atoms with Crippen LogP contribution in [0, 0.1) is 0 Å². The normalized spacial score (nSPS) is 12.8. The standard InChI is InChI=1S/C31H61N5O8/c1-28(2,3)41-24(37)21-34(15-13-32)17-19-36(23-26(39)43-30(7,8)9)20-18-35(22-25(38)42-29(4,5)6)16-14-33-27(40)44-31(10,11)12/h13-23,32H2,1-12H3,(H,33,40). The molecule has 0 unspecified atom stereocenters. The first kappa shape index (κ1) is 41.5. The molecule has 258 valence electrons. The maximum Gasteiger partial charge on any atom is 0.407 e. The van der Waals surface area contributed by atoms with E-state index in [9.17, 15) is 19.2 Å². The molecule has 13 heteroatoms. The summed E-state index contributed by atoms with van der Waals surface area (Å²) in [5, 5.41) is 2.72. The van der Waals surface area contributed by atoms with E-state index in [2.05, 4.69) is 5.32 Å². The van der Waals surface area contributed by atoms with Gasteiger partial charge in [0, 0.05) is 52.4 Å². The summed E-state index contributed by atoms with van der Waals surface area (Å²) in [7, 11) is 0. The van der Waals surface area contributed by atoms with E-state index in [1.165, 1.54) is 0 Å². The van der Waals surface area contributed by atoms with Crippen LogP contribution < -0.4 is 11.1 Å². The van der Waals surface area contributed by atoms with Crippen molar-refractivity contribution in [2.75, 3.05) is 72.0 Å². The SMILES string of the molecule is CC(C)(C)OC(=O)CN(CCN)CCN(CCN(CCNC(=O)OC(C)(C)C)CC(=O)OC(C)(C)C)CC(=O)OC(C)(C)C. The number of esters is 3. The molecule has 0 aliphatic rings. The Morgan fingerprint density at radius 3 is 1.09 bits per heavy atom. The smallest absolute Gasteiger partial charge is 0.407 e. The fraction of sp³-hybridized carbons (Fsp3) is 0.871. The minimum absolute atomic E-state index is 0.00844. The Balaban J connectivity index is 5.65. The number of carbonyl (C=O) groups is 4. The van der Waals surface area contributed by atoms with Crippen LogP contribution in [0.4, 0.5) is 4.79 Å². The summed E-state index contributed by atoms with van der Waals surface area (Å²) in [5.74, 6) is -1.15. The van der Waals surface area contributed by atoms with E-state index in [-0.39, 0.29) is 38.1 Å². The molecule has 0 aromatic rings. The lowest BCUT2D eigenvalue weighted by Gasteiger charge is -2.31. The Bertz CT molecular complexity index is 901. The molecule has 0 aromatic carbocycles. The third-order valence-electron chi connectivity index (χ3n) is 5.32. The largest absolute Gasteiger partial charge is 0.459 e. The third kappa shape index (κ3) is 24.9. The van der Waals surface area contributed by atoms with Crippen molar-refractivity contribution in [3.05, 3.63) is 0 Å². The predicted molar refractivity (Wildman–Crippen MR) is 170 cm³/mol. The second-order valence-electron chi connectivity index (χ2n) is 14.8. The summed E-state index contributed by atoms with van der Waals surface area (Å²) in [5.41, 5.74) is 3.26. The van der Waals surface area contributed by atoms with Crippen molar-refractivity contribution in [3.8, 4) is 0 Å². The third-order valence-corrected chi connectivity index (χ3v) is 5.32. The van der Waals surface area contributed by atoms with E-state index in [4.69, 9.17) is 24.7 Å². The van der Waals surface area contributed by atoms with Crippen LogP contribution in [-0.4, -0.2) is 133 Å². The van der Waals surface area contributed by atoms with Gasteiger partial charge in [-0.25, -0.2) is 4.79 Å². The summed E-state index contributed by atoms with van der Waals surface area (Å²) in [6.45, 7) is 24.7. The molecule has 0 aromatic heterocycles. The van der Waals surface area contributed by atoms with Crippen LogP contribution in [0.1, 0.15) is 83.1 Å². The van der Waals surface area contributed by atoms with Gasteiger partial charge in [0.25, 0.3) is 0 Å². The first-order valence-corrected chi connectivity index (χ1v) is 15.4. The maximum absolute atomic E-state index is 12.8. The second-order valence-corrected chi connectivity index (χ2v) is 14.8. The van der Waals surface area contributed by atoms with Crippen molar-refractivity contribution in [1.29, 1.82) is 0 Å². The Kier molecular flexibility index (Phi) is 17.4. The van der Waals surface area contributed by atoms with Crippen molar-refractivity contribution in [2.45, 2.75) is 105 Å². The monoisotopic (exact) mass is 631 g/mol. The van der Waals surface area contributed by atoms with Crippen LogP contribution >= 0.6 is 0 Å². The fourth-order valence-corrected chi connectivity index (χ4v) is 3.86. The quantitative estimate of drug-likeness (QED) is 0.179. The van der Waals surface area contributed by atoms with Gasteiger partial charge in [0.2, 0.25) is 0 Å². The number of carbonyl (C=O) groups excluding carboxylic acids is 4. The van der Waals surface area contributed by atoms with Gasteiger partial charge in [-0.1, -0.05) is 0 Å². The average molecular weight is 632 g/mol. The van der Waals surface area contributed by atoms with E-state index in [1.54, 1.807) is 62.3 Å². The minimum atomic E-state index is -0.652. The van der Waals surface area contributed by atoms with Crippen molar-refractivity contribution in [2.24, 2.45) is 5.73 Å². The van der Waals surface area contributed by atoms with Crippen LogP contribution in [0.15, 0.2) is 0 Å². The fourth-order valence-electron chi connectivity index (χ4n) is 3.86. The Morgan fingerprint density at radius 1 is 0.500 bits per heavy atom. The summed E-state index contributed by atoms with van der Waals surface area (Å²) in [6.07, 6.45) is -0.550. The lowest BCUT2D eigenvalue weighted by atomic mass is 10.2. The number of nitrogens with two attached hydrogens (primary N) is 1. The van der Waals surface area contributed by atoms with Gasteiger partial charge in [0.05, 0.1) is 19.6 Å². The molecule has 13 nitrogen and oxygen atoms in total. The predicted octanol–water partition coefficient (Wildman–Crippen LogP) is 2.40. The topological polar surface area (TPSA) is 153 Å². The highest BCUT2D eigenvalue weighted by Gasteiger charge is 2.24. The molecule has 0 spiro atoms. The highest BCUT2D eigenvalue weighted by molar-refractivity contribution is 5.73. The van der Waals surface area contributed by atoms with Crippen LogP contribution in [0.2, 0.25) is 0 Å². The molecule has 0 bridgehead atoms. The van der Waals surface area contributed by atoms with Gasteiger partial charge in [0.1, 0.15) is 22.4 Å². The average Bonchev–Trinajstić information content (AvgIpc) is 2.75. The summed E-state index contributed by atoms with van der Waals surface area (Å²) < 4.78 is 21.9. The molecular weight excluding hydrogens is 570 g/mol. The first-order chi connectivity index (χ1) is 19.9. The van der Waals surface area contributed by atoms with Gasteiger partial charge in [-0.05, 0) is 83.1 Å². The van der Waals surface area contributed by atoms with Crippen LogP contribution in [0.25, 0.3) is 0 Å². The molecular formula is C31H61N5O8. The van der Waals surface area contributed by atoms with E-state index in [0.717, 1.165) is 0 Å². The highest BCUT2D eigenvalue weighted by Crippen LogP contribution is 2.11. The van der Waals surface area contributed by atoms with Crippen LogP contribution in [0.3, 0.4) is 0 Å². The van der Waals surface area contributed by atoms with E-state index >= 15 is 0 Å². The van der Waals surface area contributed by atoms with Gasteiger partial charge in [-0.3, -0.25) is 29.1 Å². The van der Waals surface area contributed by atoms with Gasteiger partial charge >= 0.3 is 24.0 Å². The lowest BCUT2D eigenvalue weighted by molar-refractivity contribution is -0.158. The zero-order valence-corrected chi connectivity index (χ0v) is 29.5. The van der Waals surface area contributed by atoms with Crippen molar-refractivity contribution < 1.29 is 38.1 Å². The summed E-state index contributed by atoms with van der Waals surface area (Å²) in [4.78, 5) is 55.8. The number of alkyl carbamates (subject to hydrolysis) is 1. The molecule has 0 aliphatic carbocycles. The van der Waals surface area contributed by atoms with Crippen molar-refractivity contribution >= 4 is 24.0 Å². The maximum atomic E-state index is 12.8. The summed E-state index contributed by atoms with van der Waals surface area (Å²) >= 11 is 0. The zero-order chi connectivity index (χ0) is 34.4. The van der Waals surface area contributed by atoms with E-state index in [1.807, 2.05) is 35.5 Å². The van der Waals surface area contributed by atoms with Crippen molar-refractivity contribution in [3.63, 3.8) is 0 Å². The number of nitrogens with one attached hydrogen (secondary N) is 1. The number of rotatable bonds is 17. The molecule has 1 amide bonds. The van der Waals surface area contributed by atoms with Crippen LogP contribution in [-0.2, 0) is 33.3 Å². The molecule has 0 saturated heterocycles. The Hall–Kier alpha value is -2.48. The molecule has 0 radical (unpaired) electrons. The zero-order valence-electron chi connectivity index (χ0n) is 29.5. The Morgan fingerprint density at radius 2 is 0.795 bits per heavy atom. The van der Waals surface area contributed by atoms with Crippen molar-refractivity contribution in [1.82, 2.24) is 20.0 Å².